The first-order chi connectivity index (χ1) is 9.85. The molecule has 1 heterocycles. The summed E-state index contributed by atoms with van der Waals surface area (Å²) in [6.07, 6.45) is 0.652. The summed E-state index contributed by atoms with van der Waals surface area (Å²) in [5.74, 6) is 1.31. The normalized spacial score (nSPS) is 11.5. The molecule has 0 aliphatic carbocycles. The third-order valence-electron chi connectivity index (χ3n) is 2.96. The Morgan fingerprint density at radius 1 is 1.19 bits per heavy atom. The lowest BCUT2D eigenvalue weighted by molar-refractivity contribution is 0.355. The second kappa shape index (κ2) is 5.77. The van der Waals surface area contributed by atoms with Crippen LogP contribution in [0.1, 0.15) is 0 Å². The molecule has 0 saturated heterocycles. The molecule has 0 fully saturated rings. The maximum atomic E-state index is 11.9. The highest BCUT2D eigenvalue weighted by Crippen LogP contribution is 2.31. The van der Waals surface area contributed by atoms with Gasteiger partial charge in [0.25, 0.3) is 0 Å². The molecule has 6 nitrogen and oxygen atoms in total. The Kier molecular flexibility index (Phi) is 4.22. The second-order valence-electron chi connectivity index (χ2n) is 5.99. The predicted molar refractivity (Wildman–Crippen MR) is 82.6 cm³/mol. The second-order valence-corrected chi connectivity index (χ2v) is 11.4. The summed E-state index contributed by atoms with van der Waals surface area (Å²) in [5.41, 5.74) is 0.761. The molecule has 0 bridgehead atoms. The number of hydrogen-bond donors (Lipinski definition) is 0. The van der Waals surface area contributed by atoms with E-state index < -0.39 is 13.8 Å². The molecule has 0 saturated carbocycles. The van der Waals surface area contributed by atoms with Crippen molar-refractivity contribution >= 4 is 8.07 Å². The van der Waals surface area contributed by atoms with Crippen LogP contribution in [0.3, 0.4) is 0 Å². The van der Waals surface area contributed by atoms with Crippen LogP contribution >= 0.6 is 0 Å². The number of rotatable bonds is 5. The first kappa shape index (κ1) is 15.4. The van der Waals surface area contributed by atoms with Gasteiger partial charge in [0.15, 0.2) is 17.3 Å². The van der Waals surface area contributed by atoms with Crippen LogP contribution in [0.25, 0.3) is 11.4 Å². The summed E-state index contributed by atoms with van der Waals surface area (Å²) in [5, 5.41) is 3.90. The van der Waals surface area contributed by atoms with Gasteiger partial charge in [0.1, 0.15) is 0 Å². The van der Waals surface area contributed by atoms with Gasteiger partial charge in [0.05, 0.1) is 22.3 Å². The number of ether oxygens (including phenoxy) is 2. The van der Waals surface area contributed by atoms with Crippen molar-refractivity contribution in [3.05, 3.63) is 28.7 Å². The van der Waals surface area contributed by atoms with Gasteiger partial charge in [0.2, 0.25) is 0 Å². The Bertz CT molecular complexity index is 685. The summed E-state index contributed by atoms with van der Waals surface area (Å²) in [6.45, 7) is 6.56. The molecule has 0 N–H and O–H groups in total. The van der Waals surface area contributed by atoms with Crippen molar-refractivity contribution in [2.75, 3.05) is 14.2 Å². The van der Waals surface area contributed by atoms with Gasteiger partial charge in [-0.05, 0) is 18.2 Å². The predicted octanol–water partition coefficient (Wildman–Crippen LogP) is 2.40. The fraction of sp³-hybridized carbons (Fsp3) is 0.429. The first-order valence-electron chi connectivity index (χ1n) is 6.64. The largest absolute Gasteiger partial charge is 0.493 e. The Labute approximate surface area is 124 Å². The minimum atomic E-state index is -1.49. The highest BCUT2D eigenvalue weighted by Gasteiger charge is 2.21. The highest BCUT2D eigenvalue weighted by molar-refractivity contribution is 6.75. The van der Waals surface area contributed by atoms with Gasteiger partial charge in [-0.15, -0.1) is 0 Å². The van der Waals surface area contributed by atoms with E-state index in [-0.39, 0.29) is 0 Å². The van der Waals surface area contributed by atoms with Gasteiger partial charge in [-0.1, -0.05) is 24.8 Å². The van der Waals surface area contributed by atoms with Crippen LogP contribution in [0.2, 0.25) is 19.6 Å². The number of hydrogen-bond acceptors (Lipinski definition) is 5. The molecule has 0 unspecified atom stereocenters. The van der Waals surface area contributed by atoms with E-state index in [9.17, 15) is 4.79 Å². The standard InChI is InChI=1S/C14H20N2O4Si/c1-18-11-7-6-10(8-12(11)19-2)13-15-20-14(17)16(13)9-21(3,4)5/h6-8H,9H2,1-5H3. The minimum Gasteiger partial charge on any atom is -0.493 e. The molecule has 1 aromatic carbocycles. The average Bonchev–Trinajstić information content (AvgIpc) is 2.77. The van der Waals surface area contributed by atoms with E-state index in [0.29, 0.717) is 23.5 Å². The summed E-state index contributed by atoms with van der Waals surface area (Å²) >= 11 is 0. The highest BCUT2D eigenvalue weighted by atomic mass is 28.3. The van der Waals surface area contributed by atoms with Gasteiger partial charge >= 0.3 is 5.76 Å². The van der Waals surface area contributed by atoms with E-state index in [2.05, 4.69) is 24.8 Å². The minimum absolute atomic E-state index is 0.429. The molecule has 21 heavy (non-hydrogen) atoms. The quantitative estimate of drug-likeness (QED) is 0.794. The van der Waals surface area contributed by atoms with Gasteiger partial charge in [-0.3, -0.25) is 9.09 Å². The lowest BCUT2D eigenvalue weighted by atomic mass is 10.2. The molecule has 2 aromatic rings. The molecule has 114 valence electrons. The molecule has 2 rings (SSSR count). The molecule has 0 spiro atoms. The summed E-state index contributed by atoms with van der Waals surface area (Å²) < 4.78 is 16.9. The Hall–Kier alpha value is -2.02. The molecular weight excluding hydrogens is 288 g/mol. The SMILES string of the molecule is COc1ccc(-c2noc(=O)n2C[Si](C)(C)C)cc1OC. The lowest BCUT2D eigenvalue weighted by Gasteiger charge is -2.16. The van der Waals surface area contributed by atoms with Crippen molar-refractivity contribution in [1.82, 2.24) is 9.72 Å². The van der Waals surface area contributed by atoms with Crippen molar-refractivity contribution < 1.29 is 14.0 Å². The number of benzene rings is 1. The van der Waals surface area contributed by atoms with Gasteiger partial charge in [-0.25, -0.2) is 4.79 Å². The van der Waals surface area contributed by atoms with E-state index in [0.717, 1.165) is 5.56 Å². The number of nitrogens with zero attached hydrogens (tertiary/aromatic N) is 2. The molecule has 7 heteroatoms. The fourth-order valence-corrected chi connectivity index (χ4v) is 3.29. The molecular formula is C14H20N2O4Si. The Morgan fingerprint density at radius 2 is 1.86 bits per heavy atom. The fourth-order valence-electron chi connectivity index (χ4n) is 2.06. The summed E-state index contributed by atoms with van der Waals surface area (Å²) in [6, 6.07) is 5.41. The zero-order valence-electron chi connectivity index (χ0n) is 13.0. The lowest BCUT2D eigenvalue weighted by Crippen LogP contribution is -2.33. The molecule has 0 aliphatic rings. The maximum absolute atomic E-state index is 11.9. The monoisotopic (exact) mass is 308 g/mol. The van der Waals surface area contributed by atoms with Crippen molar-refractivity contribution in [1.29, 1.82) is 0 Å². The number of aromatic nitrogens is 2. The van der Waals surface area contributed by atoms with Crippen molar-refractivity contribution in [2.45, 2.75) is 25.8 Å². The molecule has 0 aliphatic heterocycles. The van der Waals surface area contributed by atoms with Crippen LogP contribution in [0.5, 0.6) is 11.5 Å². The van der Waals surface area contributed by atoms with Crippen LogP contribution in [0.4, 0.5) is 0 Å². The zero-order chi connectivity index (χ0) is 15.6. The third kappa shape index (κ3) is 3.36. The molecule has 0 atom stereocenters. The Balaban J connectivity index is 2.50. The van der Waals surface area contributed by atoms with E-state index in [1.165, 1.54) is 0 Å². The van der Waals surface area contributed by atoms with Gasteiger partial charge in [-0.2, -0.15) is 0 Å². The van der Waals surface area contributed by atoms with E-state index in [1.807, 2.05) is 6.07 Å². The molecule has 0 amide bonds. The maximum Gasteiger partial charge on any atom is 0.441 e. The zero-order valence-corrected chi connectivity index (χ0v) is 14.0. The van der Waals surface area contributed by atoms with E-state index in [4.69, 9.17) is 14.0 Å². The van der Waals surface area contributed by atoms with Crippen molar-refractivity contribution in [2.24, 2.45) is 0 Å². The van der Waals surface area contributed by atoms with Crippen molar-refractivity contribution in [3.8, 4) is 22.9 Å². The Morgan fingerprint density at radius 3 is 2.43 bits per heavy atom. The average molecular weight is 308 g/mol. The van der Waals surface area contributed by atoms with Gasteiger partial charge < -0.3 is 9.47 Å². The van der Waals surface area contributed by atoms with Crippen LogP contribution in [-0.4, -0.2) is 32.0 Å². The van der Waals surface area contributed by atoms with Gasteiger partial charge in [0, 0.05) is 11.7 Å². The van der Waals surface area contributed by atoms with Crippen molar-refractivity contribution in [3.63, 3.8) is 0 Å². The smallest absolute Gasteiger partial charge is 0.441 e. The van der Waals surface area contributed by atoms with E-state index in [1.54, 1.807) is 30.9 Å². The molecule has 1 aromatic heterocycles. The summed E-state index contributed by atoms with van der Waals surface area (Å²) in [4.78, 5) is 11.9. The van der Waals surface area contributed by atoms with Crippen LogP contribution in [-0.2, 0) is 6.17 Å². The van der Waals surface area contributed by atoms with E-state index >= 15 is 0 Å². The number of methoxy groups -OCH3 is 2. The third-order valence-corrected chi connectivity index (χ3v) is 4.23. The van der Waals surface area contributed by atoms with Crippen LogP contribution in [0, 0.1) is 0 Å². The topological polar surface area (TPSA) is 66.5 Å². The van der Waals surface area contributed by atoms with Crippen LogP contribution < -0.4 is 15.2 Å². The van der Waals surface area contributed by atoms with Crippen LogP contribution in [0.15, 0.2) is 27.5 Å². The molecule has 0 radical (unpaired) electrons. The summed E-state index contributed by atoms with van der Waals surface area (Å²) in [7, 11) is 1.66. The first-order valence-corrected chi connectivity index (χ1v) is 10.4.